The summed E-state index contributed by atoms with van der Waals surface area (Å²) < 4.78 is 13.0. The summed E-state index contributed by atoms with van der Waals surface area (Å²) in [5.41, 5.74) is 2.53. The van der Waals surface area contributed by atoms with Gasteiger partial charge in [-0.2, -0.15) is 0 Å². The van der Waals surface area contributed by atoms with Crippen LogP contribution in [0, 0.1) is 5.82 Å². The number of carbonyl (C=O) groups is 1. The van der Waals surface area contributed by atoms with Crippen LogP contribution in [0.1, 0.15) is 37.6 Å². The van der Waals surface area contributed by atoms with Crippen LogP contribution in [0.3, 0.4) is 0 Å². The van der Waals surface area contributed by atoms with Crippen LogP contribution in [-0.4, -0.2) is 17.4 Å². The predicted octanol–water partition coefficient (Wildman–Crippen LogP) is 2.75. The van der Waals surface area contributed by atoms with E-state index < -0.39 is 0 Å². The van der Waals surface area contributed by atoms with E-state index in [2.05, 4.69) is 4.98 Å². The number of pyridine rings is 1. The van der Waals surface area contributed by atoms with Gasteiger partial charge in [0.1, 0.15) is 5.82 Å². The Bertz CT molecular complexity index is 822. The second-order valence-corrected chi connectivity index (χ2v) is 6.68. The van der Waals surface area contributed by atoms with Gasteiger partial charge in [-0.1, -0.05) is 26.0 Å². The SMILES string of the molecule is CC(=O)N1CC(C)(C)c2[nH]c(=O)c(Cc3ccc(F)cc3)cc21. The molecular formula is C18H19FN2O2. The van der Waals surface area contributed by atoms with Crippen LogP contribution in [0.25, 0.3) is 0 Å². The maximum atomic E-state index is 13.0. The van der Waals surface area contributed by atoms with E-state index in [-0.39, 0.29) is 22.7 Å². The van der Waals surface area contributed by atoms with E-state index in [0.29, 0.717) is 18.5 Å². The number of rotatable bonds is 2. The molecule has 0 bridgehead atoms. The molecule has 1 N–H and O–H groups in total. The van der Waals surface area contributed by atoms with Gasteiger partial charge >= 0.3 is 0 Å². The van der Waals surface area contributed by atoms with Crippen molar-refractivity contribution in [1.82, 2.24) is 4.98 Å². The maximum Gasteiger partial charge on any atom is 0.251 e. The molecule has 23 heavy (non-hydrogen) atoms. The highest BCUT2D eigenvalue weighted by atomic mass is 19.1. The van der Waals surface area contributed by atoms with E-state index in [1.165, 1.54) is 19.1 Å². The summed E-state index contributed by atoms with van der Waals surface area (Å²) in [7, 11) is 0. The lowest BCUT2D eigenvalue weighted by atomic mass is 9.91. The number of fused-ring (bicyclic) bond motifs is 1. The van der Waals surface area contributed by atoms with Gasteiger partial charge < -0.3 is 9.88 Å². The smallest absolute Gasteiger partial charge is 0.251 e. The molecule has 1 aromatic carbocycles. The van der Waals surface area contributed by atoms with E-state index in [4.69, 9.17) is 0 Å². The lowest BCUT2D eigenvalue weighted by Crippen LogP contribution is -2.32. The molecule has 120 valence electrons. The van der Waals surface area contributed by atoms with Crippen LogP contribution in [0.2, 0.25) is 0 Å². The minimum absolute atomic E-state index is 0.0448. The van der Waals surface area contributed by atoms with Gasteiger partial charge in [-0.15, -0.1) is 0 Å². The minimum atomic E-state index is -0.305. The molecule has 0 unspecified atom stereocenters. The molecule has 2 heterocycles. The fraction of sp³-hybridized carbons (Fsp3) is 0.333. The largest absolute Gasteiger partial charge is 0.323 e. The number of aromatic amines is 1. The Morgan fingerprint density at radius 3 is 2.57 bits per heavy atom. The highest BCUT2D eigenvalue weighted by molar-refractivity contribution is 5.94. The number of H-pyrrole nitrogens is 1. The average molecular weight is 314 g/mol. The molecule has 5 heteroatoms. The Hall–Kier alpha value is -2.43. The Morgan fingerprint density at radius 2 is 1.96 bits per heavy atom. The third kappa shape index (κ3) is 2.79. The number of nitrogens with one attached hydrogen (secondary N) is 1. The quantitative estimate of drug-likeness (QED) is 0.926. The summed E-state index contributed by atoms with van der Waals surface area (Å²) in [6.45, 7) is 6.08. The summed E-state index contributed by atoms with van der Waals surface area (Å²) in [6, 6.07) is 7.86. The van der Waals surface area contributed by atoms with Crippen molar-refractivity contribution < 1.29 is 9.18 Å². The van der Waals surface area contributed by atoms with E-state index >= 15 is 0 Å². The van der Waals surface area contributed by atoms with Crippen molar-refractivity contribution in [1.29, 1.82) is 0 Å². The molecule has 4 nitrogen and oxygen atoms in total. The van der Waals surface area contributed by atoms with Crippen molar-refractivity contribution in [3.8, 4) is 0 Å². The first kappa shape index (κ1) is 15.5. The lowest BCUT2D eigenvalue weighted by Gasteiger charge is -2.18. The van der Waals surface area contributed by atoms with E-state index in [1.807, 2.05) is 13.8 Å². The third-order valence-corrected chi connectivity index (χ3v) is 4.31. The highest BCUT2D eigenvalue weighted by Gasteiger charge is 2.38. The molecule has 0 radical (unpaired) electrons. The van der Waals surface area contributed by atoms with Crippen molar-refractivity contribution in [2.24, 2.45) is 0 Å². The number of aromatic nitrogens is 1. The van der Waals surface area contributed by atoms with E-state index in [9.17, 15) is 14.0 Å². The molecular weight excluding hydrogens is 295 g/mol. The van der Waals surface area contributed by atoms with Gasteiger partial charge in [0.05, 0.1) is 5.69 Å². The molecule has 0 atom stereocenters. The molecule has 0 fully saturated rings. The molecule has 0 saturated heterocycles. The number of carbonyl (C=O) groups excluding carboxylic acids is 1. The standard InChI is InChI=1S/C18H19FN2O2/c1-11(22)21-10-18(2,3)16-15(21)9-13(17(23)20-16)8-12-4-6-14(19)7-5-12/h4-7,9H,8,10H2,1-3H3,(H,20,23). The van der Waals surface area contributed by atoms with Gasteiger partial charge in [-0.05, 0) is 23.8 Å². The highest BCUT2D eigenvalue weighted by Crippen LogP contribution is 2.38. The van der Waals surface area contributed by atoms with Crippen LogP contribution >= 0.6 is 0 Å². The second-order valence-electron chi connectivity index (χ2n) is 6.68. The van der Waals surface area contributed by atoms with Crippen LogP contribution < -0.4 is 10.5 Å². The monoisotopic (exact) mass is 314 g/mol. The van der Waals surface area contributed by atoms with Crippen molar-refractivity contribution in [2.45, 2.75) is 32.6 Å². The summed E-state index contributed by atoms with van der Waals surface area (Å²) in [5.74, 6) is -0.349. The number of nitrogens with zero attached hydrogens (tertiary/aromatic N) is 1. The zero-order valence-electron chi connectivity index (χ0n) is 13.4. The zero-order valence-corrected chi connectivity index (χ0v) is 13.4. The van der Waals surface area contributed by atoms with Crippen molar-refractivity contribution in [3.63, 3.8) is 0 Å². The molecule has 1 aliphatic rings. The summed E-state index contributed by atoms with van der Waals surface area (Å²) in [4.78, 5) is 28.9. The van der Waals surface area contributed by atoms with Crippen LogP contribution in [-0.2, 0) is 16.6 Å². The van der Waals surface area contributed by atoms with Crippen LogP contribution in [0.4, 0.5) is 10.1 Å². The minimum Gasteiger partial charge on any atom is -0.323 e. The van der Waals surface area contributed by atoms with Crippen LogP contribution in [0.5, 0.6) is 0 Å². The second kappa shape index (κ2) is 5.33. The Kier molecular flexibility index (Phi) is 3.59. The molecule has 2 aromatic rings. The molecule has 1 aromatic heterocycles. The fourth-order valence-electron chi connectivity index (χ4n) is 3.08. The number of halogens is 1. The molecule has 1 aliphatic heterocycles. The first-order valence-corrected chi connectivity index (χ1v) is 7.57. The Balaban J connectivity index is 2.04. The number of amides is 1. The number of hydrogen-bond donors (Lipinski definition) is 1. The predicted molar refractivity (Wildman–Crippen MR) is 87.3 cm³/mol. The van der Waals surface area contributed by atoms with Gasteiger partial charge in [0.2, 0.25) is 5.91 Å². The van der Waals surface area contributed by atoms with Crippen molar-refractivity contribution in [2.75, 3.05) is 11.4 Å². The number of hydrogen-bond acceptors (Lipinski definition) is 2. The fourth-order valence-corrected chi connectivity index (χ4v) is 3.08. The summed E-state index contributed by atoms with van der Waals surface area (Å²) >= 11 is 0. The van der Waals surface area contributed by atoms with Gasteiger partial charge in [0.25, 0.3) is 5.56 Å². The van der Waals surface area contributed by atoms with Crippen molar-refractivity contribution in [3.05, 3.63) is 63.3 Å². The van der Waals surface area contributed by atoms with Gasteiger partial charge in [0.15, 0.2) is 0 Å². The molecule has 0 spiro atoms. The van der Waals surface area contributed by atoms with Gasteiger partial charge in [-0.3, -0.25) is 9.59 Å². The maximum absolute atomic E-state index is 13.0. The Labute approximate surface area is 134 Å². The molecule has 3 rings (SSSR count). The topological polar surface area (TPSA) is 53.2 Å². The van der Waals surface area contributed by atoms with Gasteiger partial charge in [0, 0.05) is 36.6 Å². The van der Waals surface area contributed by atoms with E-state index in [1.54, 1.807) is 23.1 Å². The van der Waals surface area contributed by atoms with E-state index in [0.717, 1.165) is 16.9 Å². The normalized spacial score (nSPS) is 15.6. The summed E-state index contributed by atoms with van der Waals surface area (Å²) in [5, 5.41) is 0. The molecule has 0 saturated carbocycles. The molecule has 0 aliphatic carbocycles. The van der Waals surface area contributed by atoms with Crippen LogP contribution in [0.15, 0.2) is 35.1 Å². The lowest BCUT2D eigenvalue weighted by molar-refractivity contribution is -0.116. The number of benzene rings is 1. The van der Waals surface area contributed by atoms with Gasteiger partial charge in [-0.25, -0.2) is 4.39 Å². The third-order valence-electron chi connectivity index (χ3n) is 4.31. The first-order chi connectivity index (χ1) is 10.8. The van der Waals surface area contributed by atoms with Crippen molar-refractivity contribution >= 4 is 11.6 Å². The molecule has 1 amide bonds. The average Bonchev–Trinajstić information content (AvgIpc) is 2.74. The first-order valence-electron chi connectivity index (χ1n) is 7.57. The zero-order chi connectivity index (χ0) is 16.8. The summed E-state index contributed by atoms with van der Waals surface area (Å²) in [6.07, 6.45) is 0.398. The number of anilines is 1. The Morgan fingerprint density at radius 1 is 1.30 bits per heavy atom.